The minimum Gasteiger partial charge on any atom is -0.450 e. The second-order valence-corrected chi connectivity index (χ2v) is 7.05. The summed E-state index contributed by atoms with van der Waals surface area (Å²) in [6.45, 7) is 9.24. The normalized spacial score (nSPS) is 18.2. The molecule has 1 fully saturated rings. The summed E-state index contributed by atoms with van der Waals surface area (Å²) in [6, 6.07) is 6.94. The van der Waals surface area contributed by atoms with Gasteiger partial charge in [-0.1, -0.05) is 18.2 Å². The fourth-order valence-electron chi connectivity index (χ4n) is 3.66. The summed E-state index contributed by atoms with van der Waals surface area (Å²) in [7, 11) is 0. The van der Waals surface area contributed by atoms with Gasteiger partial charge in [0, 0.05) is 45.8 Å². The van der Waals surface area contributed by atoms with E-state index in [1.807, 2.05) is 0 Å². The molecule has 1 saturated heterocycles. The van der Waals surface area contributed by atoms with Gasteiger partial charge in [0.25, 0.3) is 0 Å². The molecule has 1 aromatic rings. The third kappa shape index (κ3) is 5.70. The Bertz CT molecular complexity index is 571. The van der Waals surface area contributed by atoms with E-state index in [2.05, 4.69) is 33.3 Å². The summed E-state index contributed by atoms with van der Waals surface area (Å²) in [4.78, 5) is 15.6. The maximum absolute atomic E-state index is 10.5. The third-order valence-corrected chi connectivity index (χ3v) is 5.14. The predicted octanol–water partition coefficient (Wildman–Crippen LogP) is 1.67. The molecular formula is C19H30N4O2. The van der Waals surface area contributed by atoms with Crippen LogP contribution < -0.4 is 11.1 Å². The van der Waals surface area contributed by atoms with E-state index in [0.29, 0.717) is 6.61 Å². The standard InChI is InChI=1S/C19H30N4O2/c20-19(24)25-11-3-1-2-6-22-7-9-23(10-8-22)15-16-4-5-17-13-21-14-18(17)12-16/h4-5,12,21H,1-3,6-11,13-15H2,(H2,20,24). The highest BCUT2D eigenvalue weighted by Gasteiger charge is 2.17. The molecule has 3 rings (SSSR count). The Hall–Kier alpha value is -1.63. The number of fused-ring (bicyclic) bond motifs is 1. The van der Waals surface area contributed by atoms with Crippen molar-refractivity contribution in [1.29, 1.82) is 0 Å². The average molecular weight is 346 g/mol. The molecule has 1 aromatic carbocycles. The van der Waals surface area contributed by atoms with E-state index in [1.54, 1.807) is 0 Å². The van der Waals surface area contributed by atoms with Crippen LogP contribution in [0, 0.1) is 0 Å². The van der Waals surface area contributed by atoms with Crippen LogP contribution in [0.2, 0.25) is 0 Å². The molecule has 0 atom stereocenters. The number of nitrogens with zero attached hydrogens (tertiary/aromatic N) is 2. The number of primary amides is 1. The first-order valence-electron chi connectivity index (χ1n) is 9.39. The lowest BCUT2D eigenvalue weighted by molar-refractivity contribution is 0.124. The highest BCUT2D eigenvalue weighted by molar-refractivity contribution is 5.64. The van der Waals surface area contributed by atoms with Crippen molar-refractivity contribution in [3.8, 4) is 0 Å². The number of benzene rings is 1. The predicted molar refractivity (Wildman–Crippen MR) is 98.1 cm³/mol. The lowest BCUT2D eigenvalue weighted by Gasteiger charge is -2.34. The molecule has 1 amide bonds. The van der Waals surface area contributed by atoms with Gasteiger partial charge < -0.3 is 20.7 Å². The van der Waals surface area contributed by atoms with E-state index in [-0.39, 0.29) is 0 Å². The Kier molecular flexibility index (Phi) is 6.67. The molecule has 0 spiro atoms. The number of hydrogen-bond acceptors (Lipinski definition) is 5. The van der Waals surface area contributed by atoms with Crippen molar-refractivity contribution in [3.05, 3.63) is 34.9 Å². The molecule has 2 aliphatic rings. The van der Waals surface area contributed by atoms with E-state index in [0.717, 1.165) is 71.6 Å². The van der Waals surface area contributed by atoms with Gasteiger partial charge in [-0.05, 0) is 42.5 Å². The van der Waals surface area contributed by atoms with Crippen molar-refractivity contribution in [3.63, 3.8) is 0 Å². The van der Waals surface area contributed by atoms with Gasteiger partial charge in [-0.15, -0.1) is 0 Å². The number of amides is 1. The Morgan fingerprint density at radius 3 is 2.60 bits per heavy atom. The molecule has 6 nitrogen and oxygen atoms in total. The maximum atomic E-state index is 10.5. The van der Waals surface area contributed by atoms with E-state index >= 15 is 0 Å². The van der Waals surface area contributed by atoms with Crippen LogP contribution in [0.25, 0.3) is 0 Å². The Balaban J connectivity index is 1.30. The highest BCUT2D eigenvalue weighted by atomic mass is 16.5. The molecule has 0 radical (unpaired) electrons. The average Bonchev–Trinajstić information content (AvgIpc) is 3.07. The molecule has 2 heterocycles. The summed E-state index contributed by atoms with van der Waals surface area (Å²) in [6.07, 6.45) is 2.46. The van der Waals surface area contributed by atoms with Gasteiger partial charge in [-0.3, -0.25) is 4.90 Å². The first kappa shape index (κ1) is 18.2. The quantitative estimate of drug-likeness (QED) is 0.701. The molecule has 25 heavy (non-hydrogen) atoms. The summed E-state index contributed by atoms with van der Waals surface area (Å²) < 4.78 is 4.75. The minimum absolute atomic E-state index is 0.444. The van der Waals surface area contributed by atoms with Crippen molar-refractivity contribution in [2.75, 3.05) is 39.3 Å². The SMILES string of the molecule is NC(=O)OCCCCCN1CCN(Cc2ccc3c(c2)CNC3)CC1. The number of unbranched alkanes of at least 4 members (excludes halogenated alkanes) is 2. The van der Waals surface area contributed by atoms with Crippen LogP contribution in [0.4, 0.5) is 4.79 Å². The largest absolute Gasteiger partial charge is 0.450 e. The van der Waals surface area contributed by atoms with Gasteiger partial charge in [0.2, 0.25) is 0 Å². The van der Waals surface area contributed by atoms with E-state index in [9.17, 15) is 4.79 Å². The maximum Gasteiger partial charge on any atom is 0.404 e. The summed E-state index contributed by atoms with van der Waals surface area (Å²) in [5.41, 5.74) is 9.30. The first-order chi connectivity index (χ1) is 12.2. The number of piperazine rings is 1. The number of carbonyl (C=O) groups is 1. The number of nitrogens with two attached hydrogens (primary N) is 1. The van der Waals surface area contributed by atoms with Crippen molar-refractivity contribution in [2.24, 2.45) is 5.73 Å². The van der Waals surface area contributed by atoms with E-state index < -0.39 is 6.09 Å². The Morgan fingerprint density at radius 1 is 1.04 bits per heavy atom. The number of hydrogen-bond donors (Lipinski definition) is 2. The molecule has 0 aliphatic carbocycles. The second-order valence-electron chi connectivity index (χ2n) is 7.05. The van der Waals surface area contributed by atoms with Crippen LogP contribution in [-0.4, -0.2) is 55.2 Å². The first-order valence-corrected chi connectivity index (χ1v) is 9.39. The number of rotatable bonds is 8. The molecule has 2 aliphatic heterocycles. The Labute approximate surface area is 150 Å². The lowest BCUT2D eigenvalue weighted by atomic mass is 10.1. The van der Waals surface area contributed by atoms with Gasteiger partial charge in [0.05, 0.1) is 6.61 Å². The van der Waals surface area contributed by atoms with Gasteiger partial charge in [-0.25, -0.2) is 4.79 Å². The zero-order valence-corrected chi connectivity index (χ0v) is 15.0. The zero-order valence-electron chi connectivity index (χ0n) is 15.0. The van der Waals surface area contributed by atoms with Crippen LogP contribution in [-0.2, 0) is 24.4 Å². The van der Waals surface area contributed by atoms with Gasteiger partial charge >= 0.3 is 6.09 Å². The van der Waals surface area contributed by atoms with Crippen LogP contribution >= 0.6 is 0 Å². The van der Waals surface area contributed by atoms with Crippen molar-refractivity contribution < 1.29 is 9.53 Å². The fourth-order valence-corrected chi connectivity index (χ4v) is 3.66. The molecule has 0 bridgehead atoms. The molecule has 0 saturated carbocycles. The Morgan fingerprint density at radius 2 is 1.80 bits per heavy atom. The van der Waals surface area contributed by atoms with Gasteiger partial charge in [0.1, 0.15) is 0 Å². The highest BCUT2D eigenvalue weighted by Crippen LogP contribution is 2.18. The monoisotopic (exact) mass is 346 g/mol. The smallest absolute Gasteiger partial charge is 0.404 e. The van der Waals surface area contributed by atoms with E-state index in [1.165, 1.54) is 16.7 Å². The third-order valence-electron chi connectivity index (χ3n) is 5.14. The summed E-state index contributed by atoms with van der Waals surface area (Å²) in [5, 5.41) is 3.41. The van der Waals surface area contributed by atoms with Crippen molar-refractivity contribution >= 4 is 6.09 Å². The minimum atomic E-state index is -0.671. The van der Waals surface area contributed by atoms with Crippen molar-refractivity contribution in [1.82, 2.24) is 15.1 Å². The van der Waals surface area contributed by atoms with Crippen molar-refractivity contribution in [2.45, 2.75) is 38.9 Å². The summed E-state index contributed by atoms with van der Waals surface area (Å²) >= 11 is 0. The van der Waals surface area contributed by atoms with Crippen LogP contribution in [0.5, 0.6) is 0 Å². The molecule has 6 heteroatoms. The molecule has 3 N–H and O–H groups in total. The summed E-state index contributed by atoms with van der Waals surface area (Å²) in [5.74, 6) is 0. The molecule has 0 aromatic heterocycles. The van der Waals surface area contributed by atoms with Gasteiger partial charge in [0.15, 0.2) is 0 Å². The number of ether oxygens (including phenoxy) is 1. The van der Waals surface area contributed by atoms with Gasteiger partial charge in [-0.2, -0.15) is 0 Å². The van der Waals surface area contributed by atoms with Crippen LogP contribution in [0.3, 0.4) is 0 Å². The molecule has 0 unspecified atom stereocenters. The molecule has 138 valence electrons. The number of nitrogens with one attached hydrogen (secondary N) is 1. The molecular weight excluding hydrogens is 316 g/mol. The lowest BCUT2D eigenvalue weighted by Crippen LogP contribution is -2.46. The number of carbonyl (C=O) groups excluding carboxylic acids is 1. The van der Waals surface area contributed by atoms with Crippen LogP contribution in [0.15, 0.2) is 18.2 Å². The zero-order chi connectivity index (χ0) is 17.5. The van der Waals surface area contributed by atoms with E-state index in [4.69, 9.17) is 10.5 Å². The van der Waals surface area contributed by atoms with Crippen LogP contribution in [0.1, 0.15) is 36.0 Å². The topological polar surface area (TPSA) is 70.8 Å². The second kappa shape index (κ2) is 9.17. The fraction of sp³-hybridized carbons (Fsp3) is 0.632.